The van der Waals surface area contributed by atoms with Gasteiger partial charge in [0.2, 0.25) is 0 Å². The van der Waals surface area contributed by atoms with Crippen LogP contribution in [-0.4, -0.2) is 33.6 Å². The molecule has 0 aliphatic carbocycles. The highest BCUT2D eigenvalue weighted by Crippen LogP contribution is 2.42. The topological polar surface area (TPSA) is 27.7 Å². The molecule has 0 radical (unpaired) electrons. The average molecular weight is 389 g/mol. The fourth-order valence-corrected chi connectivity index (χ4v) is 8.70. The molecule has 4 heteroatoms. The lowest BCUT2D eigenvalue weighted by molar-refractivity contribution is -0.0426. The average Bonchev–Trinajstić information content (AvgIpc) is 2.71. The summed E-state index contributed by atoms with van der Waals surface area (Å²) in [5, 5.41) is 2.50. The molecule has 1 heterocycles. The third-order valence-corrected chi connectivity index (χ3v) is 10.1. The lowest BCUT2D eigenvalue weighted by atomic mass is 10.1. The quantitative estimate of drug-likeness (QED) is 0.525. The summed E-state index contributed by atoms with van der Waals surface area (Å²) in [4.78, 5) is 0. The van der Waals surface area contributed by atoms with E-state index in [9.17, 15) is 0 Å². The second kappa shape index (κ2) is 11.0. The van der Waals surface area contributed by atoms with E-state index in [1.54, 1.807) is 0 Å². The molecule has 0 amide bonds. The lowest BCUT2D eigenvalue weighted by Crippen LogP contribution is -2.65. The molecule has 1 atom stereocenters. The minimum Gasteiger partial charge on any atom is -0.393 e. The molecule has 3 rings (SSSR count). The molecule has 1 aliphatic heterocycles. The highest BCUT2D eigenvalue weighted by atomic mass is 28.4. The SMILES string of the molecule is CCOC1(CC)CCCC[Si]1(OCC)OCC.c1ccc2ccccc2c1. The van der Waals surface area contributed by atoms with Gasteiger partial charge in [-0.2, -0.15) is 0 Å². The number of fused-ring (bicyclic) bond motifs is 1. The van der Waals surface area contributed by atoms with Crippen LogP contribution in [0, 0.1) is 0 Å². The Morgan fingerprint density at radius 3 is 1.70 bits per heavy atom. The highest BCUT2D eigenvalue weighted by molar-refractivity contribution is 6.70. The van der Waals surface area contributed by atoms with Crippen molar-refractivity contribution in [3.05, 3.63) is 48.5 Å². The van der Waals surface area contributed by atoms with E-state index in [0.29, 0.717) is 0 Å². The van der Waals surface area contributed by atoms with Crippen molar-refractivity contribution in [3.8, 4) is 0 Å². The van der Waals surface area contributed by atoms with E-state index in [4.69, 9.17) is 13.6 Å². The molecule has 1 saturated heterocycles. The van der Waals surface area contributed by atoms with Crippen molar-refractivity contribution in [1.29, 1.82) is 0 Å². The number of ether oxygens (including phenoxy) is 1. The maximum atomic E-state index is 6.16. The Hall–Kier alpha value is -1.20. The zero-order valence-electron chi connectivity index (χ0n) is 17.5. The Morgan fingerprint density at radius 2 is 1.30 bits per heavy atom. The number of benzene rings is 2. The molecule has 2 aromatic carbocycles. The predicted octanol–water partition coefficient (Wildman–Crippen LogP) is 6.25. The van der Waals surface area contributed by atoms with Gasteiger partial charge < -0.3 is 13.6 Å². The molecule has 1 aliphatic rings. The summed E-state index contributed by atoms with van der Waals surface area (Å²) in [6, 6.07) is 17.8. The minimum atomic E-state index is -2.21. The van der Waals surface area contributed by atoms with Crippen LogP contribution in [-0.2, 0) is 13.6 Å². The summed E-state index contributed by atoms with van der Waals surface area (Å²) in [6.07, 6.45) is 4.57. The first kappa shape index (κ1) is 22.1. The van der Waals surface area contributed by atoms with Gasteiger partial charge in [-0.3, -0.25) is 0 Å². The van der Waals surface area contributed by atoms with Crippen LogP contribution < -0.4 is 0 Å². The van der Waals surface area contributed by atoms with Gasteiger partial charge in [0.25, 0.3) is 0 Å². The number of rotatable bonds is 7. The van der Waals surface area contributed by atoms with Gasteiger partial charge in [-0.05, 0) is 50.4 Å². The van der Waals surface area contributed by atoms with Crippen molar-refractivity contribution < 1.29 is 13.6 Å². The molecule has 2 aromatic rings. The molecule has 0 saturated carbocycles. The van der Waals surface area contributed by atoms with E-state index >= 15 is 0 Å². The smallest absolute Gasteiger partial charge is 0.371 e. The summed E-state index contributed by atoms with van der Waals surface area (Å²) in [5.74, 6) is 0. The number of hydrogen-bond donors (Lipinski definition) is 0. The summed E-state index contributed by atoms with van der Waals surface area (Å²) in [7, 11) is -2.21. The third kappa shape index (κ3) is 5.20. The molecule has 1 unspecified atom stereocenters. The Balaban J connectivity index is 0.000000219. The maximum Gasteiger partial charge on any atom is 0.371 e. The Morgan fingerprint density at radius 1 is 0.778 bits per heavy atom. The van der Waals surface area contributed by atoms with E-state index in [1.165, 1.54) is 23.6 Å². The van der Waals surface area contributed by atoms with Gasteiger partial charge in [-0.1, -0.05) is 68.3 Å². The van der Waals surface area contributed by atoms with Gasteiger partial charge >= 0.3 is 8.56 Å². The van der Waals surface area contributed by atoms with Gasteiger partial charge in [-0.15, -0.1) is 0 Å². The fraction of sp³-hybridized carbons (Fsp3) is 0.565. The molecule has 0 bridgehead atoms. The molecule has 3 nitrogen and oxygen atoms in total. The van der Waals surface area contributed by atoms with E-state index < -0.39 is 8.56 Å². The van der Waals surface area contributed by atoms with Gasteiger partial charge in [0.05, 0.1) is 0 Å². The number of hydrogen-bond acceptors (Lipinski definition) is 3. The van der Waals surface area contributed by atoms with Crippen molar-refractivity contribution in [2.45, 2.75) is 64.6 Å². The first-order valence-electron chi connectivity index (χ1n) is 10.5. The van der Waals surface area contributed by atoms with Crippen molar-refractivity contribution in [2.24, 2.45) is 0 Å². The molecule has 150 valence electrons. The van der Waals surface area contributed by atoms with E-state index in [0.717, 1.165) is 38.7 Å². The third-order valence-electron chi connectivity index (χ3n) is 5.44. The van der Waals surface area contributed by atoms with Crippen molar-refractivity contribution in [1.82, 2.24) is 0 Å². The Bertz CT molecular complexity index is 594. The van der Waals surface area contributed by atoms with E-state index in [2.05, 4.69) is 76.2 Å². The standard InChI is InChI=1S/C13H28O3Si.C10H8/c1-5-13(14-6-2)11-9-10-12-17(13,15-7-3)16-8-4;1-2-6-10-8-4-3-7-9(10)5-1/h5-12H2,1-4H3;1-8H. The van der Waals surface area contributed by atoms with Gasteiger partial charge in [0.15, 0.2) is 0 Å². The van der Waals surface area contributed by atoms with Crippen LogP contribution in [0.3, 0.4) is 0 Å². The second-order valence-electron chi connectivity index (χ2n) is 6.95. The normalized spacial score (nSPS) is 21.5. The van der Waals surface area contributed by atoms with Crippen LogP contribution in [0.15, 0.2) is 48.5 Å². The summed E-state index contributed by atoms with van der Waals surface area (Å²) < 4.78 is 18.5. The molecular weight excluding hydrogens is 352 g/mol. The van der Waals surface area contributed by atoms with E-state index in [1.807, 2.05) is 0 Å². The molecule has 0 aromatic heterocycles. The predicted molar refractivity (Wildman–Crippen MR) is 116 cm³/mol. The Labute approximate surface area is 166 Å². The monoisotopic (exact) mass is 388 g/mol. The Kier molecular flexibility index (Phi) is 8.97. The van der Waals surface area contributed by atoms with Gasteiger partial charge in [0.1, 0.15) is 5.22 Å². The summed E-state index contributed by atoms with van der Waals surface area (Å²) in [5.41, 5.74) is 0. The first-order valence-corrected chi connectivity index (χ1v) is 12.5. The van der Waals surface area contributed by atoms with Crippen molar-refractivity contribution in [3.63, 3.8) is 0 Å². The largest absolute Gasteiger partial charge is 0.393 e. The van der Waals surface area contributed by atoms with Crippen LogP contribution >= 0.6 is 0 Å². The molecular formula is C23H36O3Si. The highest BCUT2D eigenvalue weighted by Gasteiger charge is 2.58. The lowest BCUT2D eigenvalue weighted by Gasteiger charge is -2.49. The van der Waals surface area contributed by atoms with Crippen molar-refractivity contribution >= 4 is 19.3 Å². The maximum absolute atomic E-state index is 6.16. The van der Waals surface area contributed by atoms with Crippen LogP contribution in [0.25, 0.3) is 10.8 Å². The van der Waals surface area contributed by atoms with Crippen LogP contribution in [0.2, 0.25) is 6.04 Å². The molecule has 0 N–H and O–H groups in total. The minimum absolute atomic E-state index is 0.119. The zero-order chi connectivity index (χ0) is 19.6. The van der Waals surface area contributed by atoms with Gasteiger partial charge in [-0.25, -0.2) is 0 Å². The molecule has 0 spiro atoms. The molecule has 27 heavy (non-hydrogen) atoms. The second-order valence-corrected chi connectivity index (χ2v) is 10.4. The van der Waals surface area contributed by atoms with E-state index in [-0.39, 0.29) is 5.22 Å². The van der Waals surface area contributed by atoms with Crippen LogP contribution in [0.1, 0.15) is 53.4 Å². The fourth-order valence-electron chi connectivity index (χ4n) is 4.24. The van der Waals surface area contributed by atoms with Crippen LogP contribution in [0.5, 0.6) is 0 Å². The van der Waals surface area contributed by atoms with Crippen LogP contribution in [0.4, 0.5) is 0 Å². The molecule has 1 fully saturated rings. The summed E-state index contributed by atoms with van der Waals surface area (Å²) >= 11 is 0. The summed E-state index contributed by atoms with van der Waals surface area (Å²) in [6.45, 7) is 10.6. The first-order chi connectivity index (χ1) is 13.2. The van der Waals surface area contributed by atoms with Crippen molar-refractivity contribution in [2.75, 3.05) is 19.8 Å². The zero-order valence-corrected chi connectivity index (χ0v) is 18.5. The van der Waals surface area contributed by atoms with Gasteiger partial charge in [0, 0.05) is 19.8 Å².